The van der Waals surface area contributed by atoms with Crippen LogP contribution in [0, 0.1) is 6.92 Å². The van der Waals surface area contributed by atoms with E-state index in [0.717, 1.165) is 18.0 Å². The van der Waals surface area contributed by atoms with Crippen LogP contribution >= 0.6 is 11.6 Å². The van der Waals surface area contributed by atoms with Crippen LogP contribution in [0.3, 0.4) is 0 Å². The smallest absolute Gasteiger partial charge is 0.269 e. The molecule has 0 fully saturated rings. The molecule has 0 radical (unpaired) electrons. The predicted molar refractivity (Wildman–Crippen MR) is 74.6 cm³/mol. The number of hydrogen-bond donors (Lipinski definition) is 0. The van der Waals surface area contributed by atoms with Crippen LogP contribution < -0.4 is 0 Å². The van der Waals surface area contributed by atoms with Gasteiger partial charge in [0.15, 0.2) is 11.3 Å². The van der Waals surface area contributed by atoms with Crippen LogP contribution in [0.1, 0.15) is 18.3 Å². The van der Waals surface area contributed by atoms with Gasteiger partial charge in [0.2, 0.25) is 0 Å². The highest BCUT2D eigenvalue weighted by atomic mass is 35.5. The van der Waals surface area contributed by atoms with Gasteiger partial charge in [0.05, 0.1) is 18.1 Å². The molecule has 5 nitrogen and oxygen atoms in total. The number of halogens is 4. The number of rotatable bonds is 2. The lowest BCUT2D eigenvalue weighted by Gasteiger charge is -2.11. The monoisotopic (exact) mass is 329 g/mol. The van der Waals surface area contributed by atoms with Crippen molar-refractivity contribution in [3.05, 3.63) is 34.9 Å². The van der Waals surface area contributed by atoms with E-state index in [0.29, 0.717) is 16.6 Å². The van der Waals surface area contributed by atoms with Gasteiger partial charge in [0.1, 0.15) is 5.02 Å². The first-order valence-electron chi connectivity index (χ1n) is 6.47. The van der Waals surface area contributed by atoms with Crippen molar-refractivity contribution in [1.29, 1.82) is 0 Å². The van der Waals surface area contributed by atoms with Crippen molar-refractivity contribution in [3.63, 3.8) is 0 Å². The van der Waals surface area contributed by atoms with E-state index in [-0.39, 0.29) is 16.4 Å². The average molecular weight is 330 g/mol. The predicted octanol–water partition coefficient (Wildman–Crippen LogP) is 3.59. The Hall–Kier alpha value is -2.09. The first-order valence-corrected chi connectivity index (χ1v) is 6.85. The number of alkyl halides is 3. The van der Waals surface area contributed by atoms with Crippen LogP contribution in [0.15, 0.2) is 18.5 Å². The van der Waals surface area contributed by atoms with Gasteiger partial charge in [-0.05, 0) is 19.9 Å². The van der Waals surface area contributed by atoms with Crippen molar-refractivity contribution in [2.45, 2.75) is 26.6 Å². The topological polar surface area (TPSA) is 48.0 Å². The van der Waals surface area contributed by atoms with E-state index in [9.17, 15) is 13.2 Å². The van der Waals surface area contributed by atoms with Crippen LogP contribution in [0.2, 0.25) is 5.02 Å². The van der Waals surface area contributed by atoms with Gasteiger partial charge in [0.25, 0.3) is 0 Å². The summed E-state index contributed by atoms with van der Waals surface area (Å²) in [7, 11) is 0. The van der Waals surface area contributed by atoms with Gasteiger partial charge in [-0.1, -0.05) is 11.6 Å². The van der Waals surface area contributed by atoms with E-state index in [1.54, 1.807) is 11.6 Å². The molecule has 0 atom stereocenters. The minimum absolute atomic E-state index is 0.0323. The Bertz CT molecular complexity index is 849. The summed E-state index contributed by atoms with van der Waals surface area (Å²) < 4.78 is 42.1. The third-order valence-corrected chi connectivity index (χ3v) is 3.66. The summed E-state index contributed by atoms with van der Waals surface area (Å²) in [6, 6.07) is 0.959. The summed E-state index contributed by atoms with van der Waals surface area (Å²) in [5, 5.41) is 7.84. The Balaban J connectivity index is 2.31. The second-order valence-electron chi connectivity index (χ2n) is 4.71. The summed E-state index contributed by atoms with van der Waals surface area (Å²) >= 11 is 5.89. The molecule has 0 saturated heterocycles. The van der Waals surface area contributed by atoms with Crippen molar-refractivity contribution < 1.29 is 13.2 Å². The highest BCUT2D eigenvalue weighted by molar-refractivity contribution is 6.33. The molecule has 0 aliphatic rings. The summed E-state index contributed by atoms with van der Waals surface area (Å²) in [5.41, 5.74) is 0.479. The SMILES string of the molecule is CCn1ncc(-c2cc(C(F)(F)F)n3ncc(Cl)c3n2)c1C. The summed E-state index contributed by atoms with van der Waals surface area (Å²) in [5.74, 6) is 0. The lowest BCUT2D eigenvalue weighted by molar-refractivity contribution is -0.142. The largest absolute Gasteiger partial charge is 0.433 e. The third kappa shape index (κ3) is 2.23. The van der Waals surface area contributed by atoms with Gasteiger partial charge >= 0.3 is 6.18 Å². The summed E-state index contributed by atoms with van der Waals surface area (Å²) in [6.45, 7) is 4.30. The van der Waals surface area contributed by atoms with Crippen molar-refractivity contribution in [3.8, 4) is 11.3 Å². The van der Waals surface area contributed by atoms with E-state index in [1.165, 1.54) is 6.20 Å². The maximum absolute atomic E-state index is 13.2. The molecule has 0 aromatic carbocycles. The average Bonchev–Trinajstić information content (AvgIpc) is 3.00. The first-order chi connectivity index (χ1) is 10.3. The minimum Gasteiger partial charge on any atom is -0.269 e. The van der Waals surface area contributed by atoms with Gasteiger partial charge in [-0.3, -0.25) is 4.68 Å². The minimum atomic E-state index is -4.57. The van der Waals surface area contributed by atoms with Crippen LogP contribution in [-0.2, 0) is 12.7 Å². The Morgan fingerprint density at radius 1 is 1.23 bits per heavy atom. The van der Waals surface area contributed by atoms with Gasteiger partial charge in [-0.15, -0.1) is 0 Å². The molecule has 0 aliphatic carbocycles. The zero-order chi connectivity index (χ0) is 16.1. The number of nitrogens with zero attached hydrogens (tertiary/aromatic N) is 5. The molecule has 0 spiro atoms. The molecule has 0 bridgehead atoms. The van der Waals surface area contributed by atoms with Gasteiger partial charge < -0.3 is 0 Å². The van der Waals surface area contributed by atoms with Crippen molar-refractivity contribution in [1.82, 2.24) is 24.4 Å². The zero-order valence-electron chi connectivity index (χ0n) is 11.7. The lowest BCUT2D eigenvalue weighted by atomic mass is 10.1. The normalized spacial score (nSPS) is 12.3. The molecule has 3 heterocycles. The molecule has 0 amide bonds. The van der Waals surface area contributed by atoms with Crippen LogP contribution in [0.25, 0.3) is 16.9 Å². The van der Waals surface area contributed by atoms with E-state index < -0.39 is 11.9 Å². The third-order valence-electron chi connectivity index (χ3n) is 3.40. The molecule has 9 heteroatoms. The maximum atomic E-state index is 13.2. The Morgan fingerprint density at radius 2 is 1.95 bits per heavy atom. The van der Waals surface area contributed by atoms with Gasteiger partial charge in [0, 0.05) is 17.8 Å². The fourth-order valence-corrected chi connectivity index (χ4v) is 2.46. The second-order valence-corrected chi connectivity index (χ2v) is 5.12. The molecule has 0 aliphatic heterocycles. The fraction of sp³-hybridized carbons (Fsp3) is 0.308. The molecule has 0 unspecified atom stereocenters. The fourth-order valence-electron chi connectivity index (χ4n) is 2.29. The second kappa shape index (κ2) is 4.98. The Labute approximate surface area is 128 Å². The molecule has 0 N–H and O–H groups in total. The highest BCUT2D eigenvalue weighted by Gasteiger charge is 2.35. The molecular weight excluding hydrogens is 319 g/mol. The van der Waals surface area contributed by atoms with Crippen molar-refractivity contribution in [2.24, 2.45) is 0 Å². The van der Waals surface area contributed by atoms with E-state index in [2.05, 4.69) is 15.2 Å². The first kappa shape index (κ1) is 14.8. The Morgan fingerprint density at radius 3 is 2.55 bits per heavy atom. The van der Waals surface area contributed by atoms with E-state index in [1.807, 2.05) is 6.92 Å². The molecule has 3 aromatic rings. The number of fused-ring (bicyclic) bond motifs is 1. The molecule has 116 valence electrons. The molecule has 3 rings (SSSR count). The number of aromatic nitrogens is 5. The van der Waals surface area contributed by atoms with E-state index in [4.69, 9.17) is 11.6 Å². The van der Waals surface area contributed by atoms with Crippen LogP contribution in [0.4, 0.5) is 13.2 Å². The van der Waals surface area contributed by atoms with Gasteiger partial charge in [-0.2, -0.15) is 23.4 Å². The summed E-state index contributed by atoms with van der Waals surface area (Å²) in [4.78, 5) is 4.20. The molecule has 3 aromatic heterocycles. The van der Waals surface area contributed by atoms with Crippen molar-refractivity contribution in [2.75, 3.05) is 0 Å². The number of hydrogen-bond acceptors (Lipinski definition) is 3. The number of aryl methyl sites for hydroxylation is 1. The molecule has 22 heavy (non-hydrogen) atoms. The van der Waals surface area contributed by atoms with Crippen molar-refractivity contribution >= 4 is 17.2 Å². The van der Waals surface area contributed by atoms with Crippen LogP contribution in [-0.4, -0.2) is 24.4 Å². The molecule has 0 saturated carbocycles. The Kier molecular flexibility index (Phi) is 3.36. The quantitative estimate of drug-likeness (QED) is 0.722. The van der Waals surface area contributed by atoms with Crippen LogP contribution in [0.5, 0.6) is 0 Å². The van der Waals surface area contributed by atoms with E-state index >= 15 is 0 Å². The zero-order valence-corrected chi connectivity index (χ0v) is 12.4. The maximum Gasteiger partial charge on any atom is 0.433 e. The molecular formula is C13H11ClF3N5. The lowest BCUT2D eigenvalue weighted by Crippen LogP contribution is -2.13. The van der Waals surface area contributed by atoms with Gasteiger partial charge in [-0.25, -0.2) is 9.50 Å². The highest BCUT2D eigenvalue weighted by Crippen LogP contribution is 2.34. The summed E-state index contributed by atoms with van der Waals surface area (Å²) in [6.07, 6.45) is -1.92. The standard InChI is InChI=1S/C13H11ClF3N5/c1-3-21-7(2)8(5-18-21)10-4-11(13(15,16)17)22-12(20-10)9(14)6-19-22/h4-6H,3H2,1-2H3.